The largest absolute Gasteiger partial charge is 0.478 e. The number of aromatic carboxylic acids is 1. The molecule has 4 rings (SSSR count). The normalized spacial score (nSPS) is 11.8. The van der Waals surface area contributed by atoms with Crippen molar-refractivity contribution in [3.63, 3.8) is 0 Å². The van der Waals surface area contributed by atoms with Gasteiger partial charge in [0, 0.05) is 5.56 Å². The summed E-state index contributed by atoms with van der Waals surface area (Å²) >= 11 is 0. The summed E-state index contributed by atoms with van der Waals surface area (Å²) in [5.41, 5.74) is 2.54. The van der Waals surface area contributed by atoms with E-state index in [-0.39, 0.29) is 30.7 Å². The molecule has 4 aromatic rings. The molecule has 0 amide bonds. The van der Waals surface area contributed by atoms with Gasteiger partial charge in [0.25, 0.3) is 0 Å². The van der Waals surface area contributed by atoms with E-state index in [2.05, 4.69) is 0 Å². The predicted molar refractivity (Wildman–Crippen MR) is 132 cm³/mol. The number of carboxylic acids is 1. The highest BCUT2D eigenvalue weighted by atomic mass is 32.2. The zero-order valence-electron chi connectivity index (χ0n) is 19.0. The fourth-order valence-electron chi connectivity index (χ4n) is 3.62. The van der Waals surface area contributed by atoms with Crippen LogP contribution >= 0.6 is 0 Å². The molecule has 1 N–H and O–H groups in total. The lowest BCUT2D eigenvalue weighted by Gasteiger charge is -2.14. The minimum absolute atomic E-state index is 0.0244. The van der Waals surface area contributed by atoms with Crippen molar-refractivity contribution in [2.24, 2.45) is 0 Å². The van der Waals surface area contributed by atoms with Gasteiger partial charge in [0.1, 0.15) is 0 Å². The van der Waals surface area contributed by atoms with Gasteiger partial charge in [-0.1, -0.05) is 53.6 Å². The van der Waals surface area contributed by atoms with E-state index in [9.17, 15) is 26.7 Å². The van der Waals surface area contributed by atoms with Gasteiger partial charge < -0.3 is 5.11 Å². The Morgan fingerprint density at radius 3 is 1.54 bits per heavy atom. The van der Waals surface area contributed by atoms with E-state index in [1.165, 1.54) is 66.7 Å². The molecule has 0 aliphatic rings. The van der Waals surface area contributed by atoms with Crippen LogP contribution in [0.4, 0.5) is 0 Å². The SMILES string of the molecule is Cc1ccc(S(=O)(=O)c2ccc(-c3ccc(C(=O)O)cc3)c(S(=O)(=O)c3ccc(C)cc3)c2)cc1. The highest BCUT2D eigenvalue weighted by molar-refractivity contribution is 7.92. The zero-order valence-corrected chi connectivity index (χ0v) is 20.6. The summed E-state index contributed by atoms with van der Waals surface area (Å²) in [6, 6.07) is 22.3. The molecule has 35 heavy (non-hydrogen) atoms. The van der Waals surface area contributed by atoms with Crippen molar-refractivity contribution >= 4 is 25.6 Å². The molecule has 8 heteroatoms. The van der Waals surface area contributed by atoms with E-state index >= 15 is 0 Å². The molecule has 4 aromatic carbocycles. The number of hydrogen-bond donors (Lipinski definition) is 1. The summed E-state index contributed by atoms with van der Waals surface area (Å²) in [7, 11) is -8.10. The molecule has 0 heterocycles. The van der Waals surface area contributed by atoms with E-state index in [4.69, 9.17) is 0 Å². The molecule has 0 spiro atoms. The molecule has 0 saturated heterocycles. The molecule has 0 aliphatic carbocycles. The van der Waals surface area contributed by atoms with Crippen LogP contribution in [0.2, 0.25) is 0 Å². The predicted octanol–water partition coefficient (Wildman–Crippen LogP) is 5.33. The van der Waals surface area contributed by atoms with E-state index in [1.54, 1.807) is 24.3 Å². The maximum Gasteiger partial charge on any atom is 0.335 e. The molecule has 0 fully saturated rings. The van der Waals surface area contributed by atoms with E-state index in [0.717, 1.165) is 11.1 Å². The molecule has 178 valence electrons. The van der Waals surface area contributed by atoms with Crippen molar-refractivity contribution in [1.82, 2.24) is 0 Å². The van der Waals surface area contributed by atoms with Crippen molar-refractivity contribution in [3.8, 4) is 11.1 Å². The molecule has 0 saturated carbocycles. The monoisotopic (exact) mass is 506 g/mol. The van der Waals surface area contributed by atoms with Gasteiger partial charge in [-0.15, -0.1) is 0 Å². The van der Waals surface area contributed by atoms with Gasteiger partial charge in [0.2, 0.25) is 19.7 Å². The van der Waals surface area contributed by atoms with Gasteiger partial charge in [-0.25, -0.2) is 21.6 Å². The third kappa shape index (κ3) is 4.76. The second kappa shape index (κ2) is 9.13. The van der Waals surface area contributed by atoms with Crippen LogP contribution in [0.3, 0.4) is 0 Å². The van der Waals surface area contributed by atoms with Gasteiger partial charge in [0.05, 0.1) is 25.1 Å². The third-order valence-corrected chi connectivity index (χ3v) is 9.24. The van der Waals surface area contributed by atoms with Gasteiger partial charge >= 0.3 is 5.97 Å². The summed E-state index contributed by atoms with van der Waals surface area (Å²) in [6.07, 6.45) is 0. The summed E-state index contributed by atoms with van der Waals surface area (Å²) in [5.74, 6) is -1.11. The fraction of sp³-hybridized carbons (Fsp3) is 0.0741. The summed E-state index contributed by atoms with van der Waals surface area (Å²) in [5, 5.41) is 9.19. The minimum atomic E-state index is -4.11. The van der Waals surface area contributed by atoms with Crippen molar-refractivity contribution in [1.29, 1.82) is 0 Å². The van der Waals surface area contributed by atoms with Crippen LogP contribution in [0, 0.1) is 13.8 Å². The van der Waals surface area contributed by atoms with Crippen LogP contribution in [0.5, 0.6) is 0 Å². The average molecular weight is 507 g/mol. The van der Waals surface area contributed by atoms with E-state index < -0.39 is 25.6 Å². The molecule has 0 aromatic heterocycles. The van der Waals surface area contributed by atoms with Crippen LogP contribution in [0.25, 0.3) is 11.1 Å². The van der Waals surface area contributed by atoms with E-state index in [0.29, 0.717) is 5.56 Å². The lowest BCUT2D eigenvalue weighted by Crippen LogP contribution is -2.08. The van der Waals surface area contributed by atoms with Gasteiger partial charge in [-0.05, 0) is 67.9 Å². The first-order chi connectivity index (χ1) is 16.5. The molecular weight excluding hydrogens is 484 g/mol. The maximum atomic E-state index is 13.7. The lowest BCUT2D eigenvalue weighted by molar-refractivity contribution is 0.0697. The highest BCUT2D eigenvalue weighted by Crippen LogP contribution is 2.35. The number of rotatable bonds is 6. The Balaban J connectivity index is 1.94. The van der Waals surface area contributed by atoms with Crippen molar-refractivity contribution in [2.45, 2.75) is 33.4 Å². The summed E-state index contributed by atoms with van der Waals surface area (Å²) in [6.45, 7) is 3.67. The second-order valence-electron chi connectivity index (χ2n) is 8.17. The molecule has 0 aliphatic heterocycles. The first-order valence-electron chi connectivity index (χ1n) is 10.6. The number of hydrogen-bond acceptors (Lipinski definition) is 5. The number of sulfone groups is 2. The molecule has 0 atom stereocenters. The Hall–Kier alpha value is -3.75. The number of carbonyl (C=O) groups is 1. The minimum Gasteiger partial charge on any atom is -0.478 e. The zero-order chi connectivity index (χ0) is 25.4. The summed E-state index contributed by atoms with van der Waals surface area (Å²) < 4.78 is 54.0. The Morgan fingerprint density at radius 1 is 0.600 bits per heavy atom. The fourth-order valence-corrected chi connectivity index (χ4v) is 6.49. The first-order valence-corrected chi connectivity index (χ1v) is 13.6. The standard InChI is InChI=1S/C27H22O6S2/c1-18-3-11-22(12-4-18)34(30,31)24-15-16-25(20-7-9-21(10-8-20)27(28)29)26(17-24)35(32,33)23-13-5-19(2)6-14-23/h3-17H,1-2H3,(H,28,29). The van der Waals surface area contributed by atoms with Crippen LogP contribution < -0.4 is 0 Å². The van der Waals surface area contributed by atoms with Crippen LogP contribution in [0.1, 0.15) is 21.5 Å². The van der Waals surface area contributed by atoms with Gasteiger partial charge in [0.15, 0.2) is 0 Å². The average Bonchev–Trinajstić information content (AvgIpc) is 2.84. The maximum absolute atomic E-state index is 13.7. The Labute approximate surface area is 204 Å². The van der Waals surface area contributed by atoms with Crippen molar-refractivity contribution < 1.29 is 26.7 Å². The van der Waals surface area contributed by atoms with Crippen LogP contribution in [0.15, 0.2) is 111 Å². The molecule has 0 unspecified atom stereocenters. The Morgan fingerprint density at radius 2 is 1.06 bits per heavy atom. The third-order valence-electron chi connectivity index (χ3n) is 5.66. The molecule has 0 radical (unpaired) electrons. The smallest absolute Gasteiger partial charge is 0.335 e. The highest BCUT2D eigenvalue weighted by Gasteiger charge is 2.26. The van der Waals surface area contributed by atoms with Gasteiger partial charge in [-0.3, -0.25) is 0 Å². The number of carboxylic acid groups (broad SMARTS) is 1. The molecule has 0 bridgehead atoms. The van der Waals surface area contributed by atoms with Crippen LogP contribution in [-0.2, 0) is 19.7 Å². The van der Waals surface area contributed by atoms with Crippen molar-refractivity contribution in [2.75, 3.05) is 0 Å². The number of aryl methyl sites for hydroxylation is 2. The Bertz CT molecular complexity index is 1620. The quantitative estimate of drug-likeness (QED) is 0.379. The van der Waals surface area contributed by atoms with Crippen LogP contribution in [-0.4, -0.2) is 27.9 Å². The van der Waals surface area contributed by atoms with Gasteiger partial charge in [-0.2, -0.15) is 0 Å². The Kier molecular flexibility index (Phi) is 6.36. The van der Waals surface area contributed by atoms with E-state index in [1.807, 2.05) is 13.8 Å². The molecule has 6 nitrogen and oxygen atoms in total. The lowest BCUT2D eigenvalue weighted by atomic mass is 10.0. The number of benzene rings is 4. The topological polar surface area (TPSA) is 106 Å². The second-order valence-corrected chi connectivity index (χ2v) is 12.0. The molecular formula is C27H22O6S2. The first kappa shape index (κ1) is 24.4. The van der Waals surface area contributed by atoms with Crippen molar-refractivity contribution in [3.05, 3.63) is 108 Å². The summed E-state index contributed by atoms with van der Waals surface area (Å²) in [4.78, 5) is 11.0.